The molecule has 5 aromatic rings. The van der Waals surface area contributed by atoms with E-state index in [0.29, 0.717) is 26.6 Å². The van der Waals surface area contributed by atoms with E-state index in [4.69, 9.17) is 4.98 Å². The highest BCUT2D eigenvalue weighted by Gasteiger charge is 2.17. The molecule has 0 bridgehead atoms. The molecule has 1 amide bonds. The Morgan fingerprint density at radius 2 is 1.75 bits per heavy atom. The molecular formula is C24H16N4O3S. The average Bonchev–Trinajstić information content (AvgIpc) is 3.20. The van der Waals surface area contributed by atoms with Gasteiger partial charge in [-0.25, -0.2) is 9.97 Å². The lowest BCUT2D eigenvalue weighted by Crippen LogP contribution is -2.13. The number of nitro groups is 1. The highest BCUT2D eigenvalue weighted by molar-refractivity contribution is 7.22. The van der Waals surface area contributed by atoms with Crippen molar-refractivity contribution < 1.29 is 9.72 Å². The van der Waals surface area contributed by atoms with Gasteiger partial charge in [-0.05, 0) is 30.7 Å². The highest BCUT2D eigenvalue weighted by atomic mass is 32.1. The molecule has 2 aromatic heterocycles. The summed E-state index contributed by atoms with van der Waals surface area (Å²) in [5, 5.41) is 15.0. The number of carbonyl (C=O) groups is 1. The third kappa shape index (κ3) is 3.57. The number of aromatic nitrogens is 2. The number of nitrogens with one attached hydrogen (secondary N) is 1. The first-order valence-corrected chi connectivity index (χ1v) is 10.6. The first-order chi connectivity index (χ1) is 15.5. The van der Waals surface area contributed by atoms with Crippen molar-refractivity contribution in [1.29, 1.82) is 0 Å². The van der Waals surface area contributed by atoms with E-state index in [-0.39, 0.29) is 11.6 Å². The number of para-hydroxylation sites is 1. The van der Waals surface area contributed by atoms with Crippen molar-refractivity contribution in [2.24, 2.45) is 0 Å². The lowest BCUT2D eigenvalue weighted by Gasteiger charge is -2.11. The predicted octanol–water partition coefficient (Wildman–Crippen LogP) is 5.98. The van der Waals surface area contributed by atoms with E-state index in [1.165, 1.54) is 23.5 Å². The lowest BCUT2D eigenvalue weighted by molar-refractivity contribution is -0.384. The number of benzene rings is 3. The summed E-state index contributed by atoms with van der Waals surface area (Å²) in [5.74, 6) is -0.313. The van der Waals surface area contributed by atoms with E-state index in [1.807, 2.05) is 55.5 Å². The first kappa shape index (κ1) is 19.8. The van der Waals surface area contributed by atoms with Crippen LogP contribution in [-0.4, -0.2) is 20.8 Å². The smallest absolute Gasteiger partial charge is 0.270 e. The zero-order chi connectivity index (χ0) is 22.2. The zero-order valence-electron chi connectivity index (χ0n) is 16.9. The Kier molecular flexibility index (Phi) is 4.84. The number of rotatable bonds is 4. The number of hydrogen-bond acceptors (Lipinski definition) is 6. The molecule has 0 saturated heterocycles. The van der Waals surface area contributed by atoms with Crippen molar-refractivity contribution in [2.45, 2.75) is 6.92 Å². The average molecular weight is 440 g/mol. The molecule has 3 aromatic carbocycles. The first-order valence-electron chi connectivity index (χ1n) is 9.82. The van der Waals surface area contributed by atoms with Crippen LogP contribution in [0.4, 0.5) is 10.8 Å². The second-order valence-corrected chi connectivity index (χ2v) is 8.30. The number of nitro benzene ring substituents is 1. The molecule has 0 fully saturated rings. The summed E-state index contributed by atoms with van der Waals surface area (Å²) in [7, 11) is 0. The van der Waals surface area contributed by atoms with Gasteiger partial charge in [-0.3, -0.25) is 20.2 Å². The number of pyridine rings is 1. The Hall–Kier alpha value is -4.17. The molecule has 5 rings (SSSR count). The maximum Gasteiger partial charge on any atom is 0.270 e. The van der Waals surface area contributed by atoms with Crippen molar-refractivity contribution in [1.82, 2.24) is 9.97 Å². The highest BCUT2D eigenvalue weighted by Crippen LogP contribution is 2.31. The summed E-state index contributed by atoms with van der Waals surface area (Å²) in [6.45, 7) is 2.01. The van der Waals surface area contributed by atoms with Gasteiger partial charge < -0.3 is 0 Å². The van der Waals surface area contributed by atoms with E-state index in [1.54, 1.807) is 12.1 Å². The minimum absolute atomic E-state index is 0.0120. The van der Waals surface area contributed by atoms with Gasteiger partial charge in [0.25, 0.3) is 11.6 Å². The van der Waals surface area contributed by atoms with E-state index in [0.717, 1.165) is 22.0 Å². The van der Waals surface area contributed by atoms with Gasteiger partial charge in [0, 0.05) is 23.1 Å². The number of anilines is 1. The number of hydrogen-bond donors (Lipinski definition) is 1. The van der Waals surface area contributed by atoms with Crippen LogP contribution in [0.25, 0.3) is 32.4 Å². The van der Waals surface area contributed by atoms with Gasteiger partial charge in [-0.2, -0.15) is 0 Å². The number of non-ortho nitro benzene ring substituents is 1. The number of thiazole rings is 1. The minimum atomic E-state index is -0.451. The van der Waals surface area contributed by atoms with E-state index < -0.39 is 4.92 Å². The van der Waals surface area contributed by atoms with E-state index in [9.17, 15) is 14.9 Å². The Bertz CT molecular complexity index is 1530. The van der Waals surface area contributed by atoms with Crippen LogP contribution in [-0.2, 0) is 0 Å². The number of fused-ring (bicyclic) bond motifs is 2. The molecular weight excluding hydrogens is 424 g/mol. The van der Waals surface area contributed by atoms with Crippen molar-refractivity contribution in [3.8, 4) is 11.3 Å². The maximum atomic E-state index is 13.3. The molecule has 1 N–H and O–H groups in total. The van der Waals surface area contributed by atoms with Gasteiger partial charge >= 0.3 is 0 Å². The Morgan fingerprint density at radius 3 is 2.56 bits per heavy atom. The zero-order valence-corrected chi connectivity index (χ0v) is 17.7. The van der Waals surface area contributed by atoms with Crippen LogP contribution in [0.2, 0.25) is 0 Å². The third-order valence-corrected chi connectivity index (χ3v) is 6.12. The number of aryl methyl sites for hydroxylation is 1. The largest absolute Gasteiger partial charge is 0.298 e. The molecule has 0 aliphatic heterocycles. The van der Waals surface area contributed by atoms with Crippen molar-refractivity contribution >= 4 is 49.2 Å². The van der Waals surface area contributed by atoms with Gasteiger partial charge in [0.1, 0.15) is 0 Å². The molecule has 0 aliphatic carbocycles. The second-order valence-electron chi connectivity index (χ2n) is 7.27. The van der Waals surface area contributed by atoms with Crippen LogP contribution in [0.5, 0.6) is 0 Å². The van der Waals surface area contributed by atoms with Gasteiger partial charge in [-0.15, -0.1) is 0 Å². The van der Waals surface area contributed by atoms with Crippen LogP contribution in [0.15, 0.2) is 72.8 Å². The molecule has 7 nitrogen and oxygen atoms in total. The summed E-state index contributed by atoms with van der Waals surface area (Å²) >= 11 is 1.20. The molecule has 0 aliphatic rings. The second kappa shape index (κ2) is 7.82. The fraction of sp³-hybridized carbons (Fsp3) is 0.0417. The molecule has 0 spiro atoms. The summed E-state index contributed by atoms with van der Waals surface area (Å²) in [4.78, 5) is 33.0. The van der Waals surface area contributed by atoms with Crippen molar-refractivity contribution in [3.05, 3.63) is 94.0 Å². The molecule has 0 saturated carbocycles. The maximum absolute atomic E-state index is 13.3. The normalized spacial score (nSPS) is 11.0. The quantitative estimate of drug-likeness (QED) is 0.274. The number of carbonyl (C=O) groups excluding carboxylic acids is 1. The topological polar surface area (TPSA) is 98.0 Å². The summed E-state index contributed by atoms with van der Waals surface area (Å²) in [5.41, 5.74) is 4.52. The Labute approximate surface area is 186 Å². The molecule has 0 radical (unpaired) electrons. The lowest BCUT2D eigenvalue weighted by atomic mass is 10.0. The molecule has 156 valence electrons. The fourth-order valence-corrected chi connectivity index (χ4v) is 4.50. The van der Waals surface area contributed by atoms with Crippen molar-refractivity contribution in [2.75, 3.05) is 5.32 Å². The monoisotopic (exact) mass is 440 g/mol. The molecule has 2 heterocycles. The van der Waals surface area contributed by atoms with Crippen LogP contribution in [0.1, 0.15) is 15.9 Å². The third-order valence-electron chi connectivity index (χ3n) is 5.19. The SMILES string of the molecule is Cc1ccccc1-c1cc(C(=O)Nc2nc3ccc([N+](=O)[O-])cc3s2)c2ccccc2n1. The van der Waals surface area contributed by atoms with Gasteiger partial charge in [0.2, 0.25) is 0 Å². The molecule has 32 heavy (non-hydrogen) atoms. The fourth-order valence-electron chi connectivity index (χ4n) is 3.61. The summed E-state index contributed by atoms with van der Waals surface area (Å²) < 4.78 is 0.634. The van der Waals surface area contributed by atoms with Crippen LogP contribution in [0.3, 0.4) is 0 Å². The Morgan fingerprint density at radius 1 is 0.969 bits per heavy atom. The number of nitrogens with zero attached hydrogens (tertiary/aromatic N) is 3. The summed E-state index contributed by atoms with van der Waals surface area (Å²) in [6, 6.07) is 21.6. The predicted molar refractivity (Wildman–Crippen MR) is 126 cm³/mol. The van der Waals surface area contributed by atoms with E-state index >= 15 is 0 Å². The standard InChI is InChI=1S/C24H16N4O3S/c1-14-6-2-3-7-16(14)21-13-18(17-8-4-5-9-19(17)25-21)23(29)27-24-26-20-11-10-15(28(30)31)12-22(20)32-24/h2-13H,1H3,(H,26,27,29). The van der Waals surface area contributed by atoms with Crippen LogP contribution < -0.4 is 5.32 Å². The van der Waals surface area contributed by atoms with Crippen LogP contribution in [0, 0.1) is 17.0 Å². The van der Waals surface area contributed by atoms with Gasteiger partial charge in [0.05, 0.1) is 31.9 Å². The summed E-state index contributed by atoms with van der Waals surface area (Å²) in [6.07, 6.45) is 0. The van der Waals surface area contributed by atoms with Gasteiger partial charge in [0.15, 0.2) is 5.13 Å². The van der Waals surface area contributed by atoms with E-state index in [2.05, 4.69) is 10.3 Å². The molecule has 0 unspecified atom stereocenters. The van der Waals surface area contributed by atoms with Crippen LogP contribution >= 0.6 is 11.3 Å². The molecule has 0 atom stereocenters. The number of amides is 1. The minimum Gasteiger partial charge on any atom is -0.298 e. The van der Waals surface area contributed by atoms with Crippen molar-refractivity contribution in [3.63, 3.8) is 0 Å². The van der Waals surface area contributed by atoms with Gasteiger partial charge in [-0.1, -0.05) is 53.8 Å². The molecule has 8 heteroatoms. The Balaban J connectivity index is 1.56.